The van der Waals surface area contributed by atoms with E-state index in [2.05, 4.69) is 12.0 Å². The Morgan fingerprint density at radius 2 is 1.90 bits per heavy atom. The number of nitro groups is 1. The average molecular weight is 399 g/mol. The summed E-state index contributed by atoms with van der Waals surface area (Å²) in [5.74, 6) is 0.204. The highest BCUT2D eigenvalue weighted by Crippen LogP contribution is 2.34. The second-order valence-corrected chi connectivity index (χ2v) is 7.22. The van der Waals surface area contributed by atoms with E-state index in [9.17, 15) is 14.9 Å². The number of ketones is 1. The van der Waals surface area contributed by atoms with Crippen LogP contribution in [0.2, 0.25) is 0 Å². The van der Waals surface area contributed by atoms with Crippen molar-refractivity contribution in [3.05, 3.63) is 56.3 Å². The van der Waals surface area contributed by atoms with E-state index in [-0.39, 0.29) is 11.5 Å². The number of unbranched alkanes of at least 4 members (excludes halogenated alkanes) is 1. The number of allylic oxidation sites excluding steroid dienone is 2. The van der Waals surface area contributed by atoms with Crippen LogP contribution in [0.3, 0.4) is 0 Å². The zero-order valence-electron chi connectivity index (χ0n) is 18.0. The van der Waals surface area contributed by atoms with Crippen LogP contribution in [0.25, 0.3) is 5.57 Å². The van der Waals surface area contributed by atoms with Crippen molar-refractivity contribution >= 4 is 17.0 Å². The number of carbonyl (C=O) groups is 1. The monoisotopic (exact) mass is 399 g/mol. The lowest BCUT2D eigenvalue weighted by molar-refractivity contribution is -0.385. The predicted octanol–water partition coefficient (Wildman–Crippen LogP) is 5.34. The molecule has 2 rings (SSSR count). The lowest BCUT2D eigenvalue weighted by Gasteiger charge is -2.14. The fourth-order valence-electron chi connectivity index (χ4n) is 3.25. The van der Waals surface area contributed by atoms with Gasteiger partial charge in [0.25, 0.3) is 5.69 Å². The topological polar surface area (TPSA) is 87.3 Å². The fraction of sp³-hybridized carbons (Fsp3) is 0.455. The molecule has 1 heterocycles. The van der Waals surface area contributed by atoms with Gasteiger partial charge in [-0.25, -0.2) is 4.68 Å². The van der Waals surface area contributed by atoms with Crippen molar-refractivity contribution < 1.29 is 14.5 Å². The van der Waals surface area contributed by atoms with Gasteiger partial charge in [0, 0.05) is 18.2 Å². The number of hydrogen-bond donors (Lipinski definition) is 0. The van der Waals surface area contributed by atoms with Gasteiger partial charge in [0.05, 0.1) is 23.3 Å². The van der Waals surface area contributed by atoms with Crippen molar-refractivity contribution in [1.29, 1.82) is 0 Å². The first-order valence-corrected chi connectivity index (χ1v) is 9.90. The van der Waals surface area contributed by atoms with E-state index in [0.29, 0.717) is 41.3 Å². The minimum absolute atomic E-state index is 0.00132. The Labute approximate surface area is 171 Å². The Kier molecular flexibility index (Phi) is 7.31. The highest BCUT2D eigenvalue weighted by molar-refractivity contribution is 6.12. The molecule has 7 heteroatoms. The van der Waals surface area contributed by atoms with Gasteiger partial charge in [-0.05, 0) is 58.2 Å². The van der Waals surface area contributed by atoms with Crippen LogP contribution in [-0.4, -0.2) is 27.1 Å². The summed E-state index contributed by atoms with van der Waals surface area (Å²) >= 11 is 0. The summed E-state index contributed by atoms with van der Waals surface area (Å²) in [6.07, 6.45) is 3.45. The van der Waals surface area contributed by atoms with Crippen molar-refractivity contribution in [2.75, 3.05) is 6.61 Å². The van der Waals surface area contributed by atoms with E-state index >= 15 is 0 Å². The molecule has 0 saturated carbocycles. The first kappa shape index (κ1) is 22.3. The van der Waals surface area contributed by atoms with Crippen molar-refractivity contribution in [3.63, 3.8) is 0 Å². The third-order valence-electron chi connectivity index (χ3n) is 5.05. The first-order valence-electron chi connectivity index (χ1n) is 9.90. The van der Waals surface area contributed by atoms with E-state index in [4.69, 9.17) is 4.74 Å². The summed E-state index contributed by atoms with van der Waals surface area (Å²) < 4.78 is 7.44. The maximum atomic E-state index is 13.4. The Balaban J connectivity index is 2.63. The molecule has 0 spiro atoms. The molecule has 29 heavy (non-hydrogen) atoms. The predicted molar refractivity (Wildman–Crippen MR) is 114 cm³/mol. The summed E-state index contributed by atoms with van der Waals surface area (Å²) in [6.45, 7) is 12.4. The summed E-state index contributed by atoms with van der Waals surface area (Å²) in [4.78, 5) is 24.5. The Bertz CT molecular complexity index is 953. The standard InChI is InChI=1S/C22H29N3O4/c1-7-9-12-24-22(29-8-2)18(13-23-24)21(26)17-10-11-19(25(27)28)20(16(17)6)15(5)14(3)4/h10-11,13H,7-9,12H2,1-6H3. The molecule has 0 amide bonds. The van der Waals surface area contributed by atoms with Gasteiger partial charge in [-0.3, -0.25) is 14.9 Å². The summed E-state index contributed by atoms with van der Waals surface area (Å²) in [6, 6.07) is 2.93. The van der Waals surface area contributed by atoms with Crippen LogP contribution in [0.15, 0.2) is 23.9 Å². The van der Waals surface area contributed by atoms with E-state index in [1.165, 1.54) is 18.3 Å². The van der Waals surface area contributed by atoms with E-state index in [1.807, 2.05) is 27.7 Å². The van der Waals surface area contributed by atoms with Gasteiger partial charge in [0.2, 0.25) is 5.88 Å². The largest absolute Gasteiger partial charge is 0.478 e. The number of rotatable bonds is 9. The number of nitrogens with zero attached hydrogens (tertiary/aromatic N) is 3. The van der Waals surface area contributed by atoms with Crippen molar-refractivity contribution in [1.82, 2.24) is 9.78 Å². The molecule has 0 atom stereocenters. The van der Waals surface area contributed by atoms with Crippen LogP contribution in [0.4, 0.5) is 5.69 Å². The maximum Gasteiger partial charge on any atom is 0.277 e. The van der Waals surface area contributed by atoms with Crippen molar-refractivity contribution in [2.45, 2.75) is 60.9 Å². The van der Waals surface area contributed by atoms with E-state index in [1.54, 1.807) is 11.6 Å². The van der Waals surface area contributed by atoms with Crippen LogP contribution in [0, 0.1) is 17.0 Å². The molecule has 0 aliphatic heterocycles. The average Bonchev–Trinajstić information content (AvgIpc) is 3.07. The van der Waals surface area contributed by atoms with E-state index in [0.717, 1.165) is 24.0 Å². The van der Waals surface area contributed by atoms with Crippen LogP contribution < -0.4 is 4.74 Å². The molecular formula is C22H29N3O4. The molecule has 0 aliphatic rings. The van der Waals surface area contributed by atoms with Crippen LogP contribution in [0.1, 0.15) is 74.5 Å². The molecule has 2 aromatic rings. The second kappa shape index (κ2) is 9.49. The van der Waals surface area contributed by atoms with Crippen LogP contribution in [-0.2, 0) is 6.54 Å². The third kappa shape index (κ3) is 4.55. The smallest absolute Gasteiger partial charge is 0.277 e. The lowest BCUT2D eigenvalue weighted by Crippen LogP contribution is -2.11. The third-order valence-corrected chi connectivity index (χ3v) is 5.05. The molecule has 0 aliphatic carbocycles. The number of nitro benzene ring substituents is 1. The quantitative estimate of drug-likeness (QED) is 0.322. The SMILES string of the molecule is CCCCn1ncc(C(=O)c2ccc([N+](=O)[O-])c(C(C)=C(C)C)c2C)c1OCC. The number of aromatic nitrogens is 2. The van der Waals surface area contributed by atoms with Gasteiger partial charge >= 0.3 is 0 Å². The minimum atomic E-state index is -0.405. The molecule has 0 unspecified atom stereocenters. The zero-order chi connectivity index (χ0) is 21.7. The summed E-state index contributed by atoms with van der Waals surface area (Å²) in [5, 5.41) is 15.9. The number of aryl methyl sites for hydroxylation is 1. The maximum absolute atomic E-state index is 13.4. The fourth-order valence-corrected chi connectivity index (χ4v) is 3.25. The number of carbonyl (C=O) groups excluding carboxylic acids is 1. The molecule has 7 nitrogen and oxygen atoms in total. The van der Waals surface area contributed by atoms with Gasteiger partial charge < -0.3 is 4.74 Å². The first-order chi connectivity index (χ1) is 13.7. The molecule has 0 bridgehead atoms. The minimum Gasteiger partial charge on any atom is -0.478 e. The van der Waals surface area contributed by atoms with Crippen molar-refractivity contribution in [3.8, 4) is 5.88 Å². The van der Waals surface area contributed by atoms with Crippen LogP contribution in [0.5, 0.6) is 5.88 Å². The Hall–Kier alpha value is -2.96. The van der Waals surface area contributed by atoms with Gasteiger partial charge in [-0.15, -0.1) is 0 Å². The highest BCUT2D eigenvalue weighted by Gasteiger charge is 2.26. The lowest BCUT2D eigenvalue weighted by atomic mass is 9.90. The molecule has 1 aromatic heterocycles. The normalized spacial score (nSPS) is 10.7. The molecule has 0 N–H and O–H groups in total. The zero-order valence-corrected chi connectivity index (χ0v) is 18.0. The van der Waals surface area contributed by atoms with Crippen LogP contribution >= 0.6 is 0 Å². The Morgan fingerprint density at radius 1 is 1.21 bits per heavy atom. The van der Waals surface area contributed by atoms with Gasteiger partial charge in [-0.2, -0.15) is 5.10 Å². The second-order valence-electron chi connectivity index (χ2n) is 7.22. The molecule has 0 radical (unpaired) electrons. The summed E-state index contributed by atoms with van der Waals surface area (Å²) in [7, 11) is 0. The Morgan fingerprint density at radius 3 is 2.45 bits per heavy atom. The van der Waals surface area contributed by atoms with Gasteiger partial charge in [0.15, 0.2) is 5.78 Å². The molecule has 0 saturated heterocycles. The number of ether oxygens (including phenoxy) is 1. The van der Waals surface area contributed by atoms with Gasteiger partial charge in [-0.1, -0.05) is 18.9 Å². The molecule has 1 aromatic carbocycles. The highest BCUT2D eigenvalue weighted by atomic mass is 16.6. The molecular weight excluding hydrogens is 370 g/mol. The molecule has 0 fully saturated rings. The number of benzene rings is 1. The van der Waals surface area contributed by atoms with Gasteiger partial charge in [0.1, 0.15) is 5.56 Å². The van der Waals surface area contributed by atoms with E-state index < -0.39 is 4.92 Å². The molecule has 156 valence electrons. The summed E-state index contributed by atoms with van der Waals surface area (Å²) in [5.41, 5.74) is 3.64. The number of hydrogen-bond acceptors (Lipinski definition) is 5. The van der Waals surface area contributed by atoms with Crippen molar-refractivity contribution in [2.24, 2.45) is 0 Å².